The van der Waals surface area contributed by atoms with Crippen molar-refractivity contribution in [1.29, 1.82) is 0 Å². The minimum atomic E-state index is 1.24. The van der Waals surface area contributed by atoms with Crippen LogP contribution >= 0.6 is 0 Å². The summed E-state index contributed by atoms with van der Waals surface area (Å²) >= 11 is 0. The zero-order chi connectivity index (χ0) is 10.5. The molecule has 0 aromatic heterocycles. The average molecular weight is 198 g/mol. The fraction of sp³-hybridized carbons (Fsp3) is 0.333. The summed E-state index contributed by atoms with van der Waals surface area (Å²) in [6, 6.07) is 10.6. The van der Waals surface area contributed by atoms with E-state index in [1.54, 1.807) is 5.57 Å². The Balaban J connectivity index is 2.25. The molecule has 1 fully saturated rings. The molecule has 0 N–H and O–H groups in total. The van der Waals surface area contributed by atoms with E-state index >= 15 is 0 Å². The molecule has 15 heavy (non-hydrogen) atoms. The van der Waals surface area contributed by atoms with Crippen molar-refractivity contribution in [3.8, 4) is 0 Å². The van der Waals surface area contributed by atoms with Crippen LogP contribution in [0.1, 0.15) is 38.2 Å². The van der Waals surface area contributed by atoms with Crippen LogP contribution in [0.4, 0.5) is 0 Å². The van der Waals surface area contributed by atoms with Crippen LogP contribution in [-0.2, 0) is 0 Å². The van der Waals surface area contributed by atoms with Gasteiger partial charge in [0.05, 0.1) is 0 Å². The average Bonchev–Trinajstić information content (AvgIpc) is 2.31. The molecular formula is C15H18. The summed E-state index contributed by atoms with van der Waals surface area (Å²) in [4.78, 5) is 0. The molecule has 1 aliphatic rings. The van der Waals surface area contributed by atoms with E-state index in [1.807, 2.05) is 0 Å². The van der Waals surface area contributed by atoms with Gasteiger partial charge in [-0.2, -0.15) is 0 Å². The summed E-state index contributed by atoms with van der Waals surface area (Å²) in [5, 5.41) is 0. The minimum Gasteiger partial charge on any atom is -0.0842 e. The first-order chi connectivity index (χ1) is 7.40. The van der Waals surface area contributed by atoms with Gasteiger partial charge in [-0.3, -0.25) is 0 Å². The summed E-state index contributed by atoms with van der Waals surface area (Å²) in [6.45, 7) is 2.15. The zero-order valence-electron chi connectivity index (χ0n) is 9.37. The van der Waals surface area contributed by atoms with Crippen LogP contribution in [0.15, 0.2) is 47.6 Å². The number of hydrogen-bond donors (Lipinski definition) is 0. The molecule has 0 amide bonds. The van der Waals surface area contributed by atoms with Crippen molar-refractivity contribution in [2.75, 3.05) is 0 Å². The Morgan fingerprint density at radius 2 is 1.60 bits per heavy atom. The number of benzene rings is 1. The lowest BCUT2D eigenvalue weighted by atomic mass is 9.88. The highest BCUT2D eigenvalue weighted by atomic mass is 14.2. The summed E-state index contributed by atoms with van der Waals surface area (Å²) in [5.41, 5.74) is 4.41. The third kappa shape index (κ3) is 2.59. The highest BCUT2D eigenvalue weighted by molar-refractivity contribution is 5.58. The standard InChI is InChI=1S/C15H18/c1-2-14-10-6-7-11-15(14)12-13-8-4-3-5-9-13/h2-5,8-9,12H,6-7,10-11H2,1H3/b14-2+,15-12-. The van der Waals surface area contributed by atoms with E-state index in [0.717, 1.165) is 0 Å². The SMILES string of the molecule is C/C=C1\CCCC\C1=C\c1ccccc1. The molecule has 0 heteroatoms. The highest BCUT2D eigenvalue weighted by Gasteiger charge is 2.10. The Morgan fingerprint density at radius 1 is 0.933 bits per heavy atom. The van der Waals surface area contributed by atoms with Crippen LogP contribution in [-0.4, -0.2) is 0 Å². The largest absolute Gasteiger partial charge is 0.0842 e. The quantitative estimate of drug-likeness (QED) is 0.619. The second-order valence-electron chi connectivity index (χ2n) is 4.10. The smallest absolute Gasteiger partial charge is 0.0254 e. The van der Waals surface area contributed by atoms with E-state index < -0.39 is 0 Å². The summed E-state index contributed by atoms with van der Waals surface area (Å²) in [7, 11) is 0. The number of allylic oxidation sites excluding steroid dienone is 3. The van der Waals surface area contributed by atoms with Gasteiger partial charge < -0.3 is 0 Å². The predicted molar refractivity (Wildman–Crippen MR) is 66.6 cm³/mol. The number of rotatable bonds is 1. The third-order valence-electron chi connectivity index (χ3n) is 3.04. The summed E-state index contributed by atoms with van der Waals surface area (Å²) in [5.74, 6) is 0. The molecule has 1 aromatic rings. The molecule has 0 heterocycles. The Bertz CT molecular complexity index is 368. The van der Waals surface area contributed by atoms with Crippen LogP contribution in [0, 0.1) is 0 Å². The van der Waals surface area contributed by atoms with Gasteiger partial charge in [0.15, 0.2) is 0 Å². The lowest BCUT2D eigenvalue weighted by molar-refractivity contribution is 0.681. The van der Waals surface area contributed by atoms with E-state index in [9.17, 15) is 0 Å². The highest BCUT2D eigenvalue weighted by Crippen LogP contribution is 2.30. The Hall–Kier alpha value is -1.30. The van der Waals surface area contributed by atoms with Crippen LogP contribution < -0.4 is 0 Å². The Labute approximate surface area is 92.3 Å². The minimum absolute atomic E-state index is 1.24. The predicted octanol–water partition coefficient (Wildman–Crippen LogP) is 4.59. The van der Waals surface area contributed by atoms with Crippen LogP contribution in [0.2, 0.25) is 0 Å². The molecule has 1 aromatic carbocycles. The molecule has 0 unspecified atom stereocenters. The fourth-order valence-electron chi connectivity index (χ4n) is 2.20. The molecule has 1 aliphatic carbocycles. The molecule has 0 atom stereocenters. The molecule has 78 valence electrons. The summed E-state index contributed by atoms with van der Waals surface area (Å²) in [6.07, 6.45) is 9.81. The van der Waals surface area contributed by atoms with Crippen molar-refractivity contribution in [3.63, 3.8) is 0 Å². The van der Waals surface area contributed by atoms with Gasteiger partial charge >= 0.3 is 0 Å². The topological polar surface area (TPSA) is 0 Å². The van der Waals surface area contributed by atoms with Crippen molar-refractivity contribution in [2.24, 2.45) is 0 Å². The van der Waals surface area contributed by atoms with Crippen LogP contribution in [0.25, 0.3) is 6.08 Å². The van der Waals surface area contributed by atoms with Gasteiger partial charge in [-0.25, -0.2) is 0 Å². The van der Waals surface area contributed by atoms with Crippen molar-refractivity contribution in [1.82, 2.24) is 0 Å². The summed E-state index contributed by atoms with van der Waals surface area (Å²) < 4.78 is 0. The van der Waals surface area contributed by atoms with Gasteiger partial charge in [-0.05, 0) is 49.3 Å². The maximum Gasteiger partial charge on any atom is -0.0254 e. The normalized spacial score (nSPS) is 22.2. The molecular weight excluding hydrogens is 180 g/mol. The molecule has 2 rings (SSSR count). The van der Waals surface area contributed by atoms with Gasteiger partial charge in [0.25, 0.3) is 0 Å². The van der Waals surface area contributed by atoms with E-state index in [1.165, 1.54) is 36.8 Å². The maximum absolute atomic E-state index is 2.34. The van der Waals surface area contributed by atoms with E-state index in [2.05, 4.69) is 49.4 Å². The van der Waals surface area contributed by atoms with E-state index in [0.29, 0.717) is 0 Å². The second kappa shape index (κ2) is 4.97. The molecule has 0 bridgehead atoms. The lowest BCUT2D eigenvalue weighted by Crippen LogP contribution is -1.98. The van der Waals surface area contributed by atoms with Crippen LogP contribution in [0.3, 0.4) is 0 Å². The molecule has 0 radical (unpaired) electrons. The van der Waals surface area contributed by atoms with E-state index in [-0.39, 0.29) is 0 Å². The first kappa shape index (κ1) is 10.2. The van der Waals surface area contributed by atoms with Crippen LogP contribution in [0.5, 0.6) is 0 Å². The van der Waals surface area contributed by atoms with Crippen molar-refractivity contribution in [3.05, 3.63) is 53.1 Å². The molecule has 1 saturated carbocycles. The van der Waals surface area contributed by atoms with Gasteiger partial charge in [0.2, 0.25) is 0 Å². The zero-order valence-corrected chi connectivity index (χ0v) is 9.37. The molecule has 0 nitrogen and oxygen atoms in total. The first-order valence-corrected chi connectivity index (χ1v) is 5.81. The maximum atomic E-state index is 2.34. The third-order valence-corrected chi connectivity index (χ3v) is 3.04. The second-order valence-corrected chi connectivity index (χ2v) is 4.10. The molecule has 0 saturated heterocycles. The van der Waals surface area contributed by atoms with Gasteiger partial charge in [-0.1, -0.05) is 42.5 Å². The lowest BCUT2D eigenvalue weighted by Gasteiger charge is -2.17. The van der Waals surface area contributed by atoms with E-state index in [4.69, 9.17) is 0 Å². The monoisotopic (exact) mass is 198 g/mol. The number of hydrogen-bond acceptors (Lipinski definition) is 0. The van der Waals surface area contributed by atoms with Crippen molar-refractivity contribution >= 4 is 6.08 Å². The Morgan fingerprint density at radius 3 is 2.27 bits per heavy atom. The van der Waals surface area contributed by atoms with Crippen molar-refractivity contribution < 1.29 is 0 Å². The van der Waals surface area contributed by atoms with Gasteiger partial charge in [0, 0.05) is 0 Å². The van der Waals surface area contributed by atoms with Gasteiger partial charge in [0.1, 0.15) is 0 Å². The molecule has 0 aliphatic heterocycles. The Kier molecular flexibility index (Phi) is 3.39. The molecule has 0 spiro atoms. The van der Waals surface area contributed by atoms with Gasteiger partial charge in [-0.15, -0.1) is 0 Å². The first-order valence-electron chi connectivity index (χ1n) is 5.81. The van der Waals surface area contributed by atoms with Crippen molar-refractivity contribution in [2.45, 2.75) is 32.6 Å². The fourth-order valence-corrected chi connectivity index (χ4v) is 2.20.